The molecule has 2 rings (SSSR count). The molecule has 0 saturated carbocycles. The first-order valence-electron chi connectivity index (χ1n) is 7.36. The molecule has 1 saturated heterocycles. The number of aromatic nitrogens is 1. The Hall–Kier alpha value is -0.450. The van der Waals surface area contributed by atoms with E-state index in [-0.39, 0.29) is 5.41 Å². The van der Waals surface area contributed by atoms with Crippen LogP contribution in [-0.4, -0.2) is 34.7 Å². The molecule has 108 valence electrons. The number of rotatable bonds is 5. The summed E-state index contributed by atoms with van der Waals surface area (Å²) < 4.78 is 0. The zero-order chi connectivity index (χ0) is 13.9. The van der Waals surface area contributed by atoms with Crippen LogP contribution >= 0.6 is 11.3 Å². The summed E-state index contributed by atoms with van der Waals surface area (Å²) in [5, 5.41) is 10.8. The number of nitrogens with zero attached hydrogens (tertiary/aromatic N) is 2. The van der Waals surface area contributed by atoms with E-state index in [1.54, 1.807) is 0 Å². The average molecular weight is 282 g/mol. The van der Waals surface area contributed by atoms with Crippen molar-refractivity contribution in [3.05, 3.63) is 16.1 Å². The summed E-state index contributed by atoms with van der Waals surface area (Å²) >= 11 is 1.84. The Bertz CT molecular complexity index is 389. The zero-order valence-corrected chi connectivity index (χ0v) is 13.2. The maximum Gasteiger partial charge on any atom is 0.0953 e. The van der Waals surface area contributed by atoms with Crippen LogP contribution in [0.2, 0.25) is 0 Å². The number of aliphatic hydroxyl groups excluding tert-OH is 1. The van der Waals surface area contributed by atoms with Crippen LogP contribution in [-0.2, 0) is 6.54 Å². The van der Waals surface area contributed by atoms with Gasteiger partial charge in [0, 0.05) is 30.1 Å². The second kappa shape index (κ2) is 6.33. The topological polar surface area (TPSA) is 36.4 Å². The van der Waals surface area contributed by atoms with Crippen molar-refractivity contribution in [3.8, 4) is 0 Å². The minimum Gasteiger partial charge on any atom is -0.396 e. The number of likely N-dealkylation sites (tertiary alicyclic amines) is 1. The average Bonchev–Trinajstić information content (AvgIpc) is 2.89. The molecule has 1 aliphatic heterocycles. The van der Waals surface area contributed by atoms with Crippen molar-refractivity contribution in [2.24, 2.45) is 5.41 Å². The van der Waals surface area contributed by atoms with Crippen LogP contribution in [0.4, 0.5) is 0 Å². The van der Waals surface area contributed by atoms with Gasteiger partial charge in [0.1, 0.15) is 0 Å². The largest absolute Gasteiger partial charge is 0.396 e. The van der Waals surface area contributed by atoms with Gasteiger partial charge in [-0.25, -0.2) is 4.98 Å². The SMILES string of the molecule is CCC1(CO)CCN(Cc2cnc(C(C)C)s2)CC1. The van der Waals surface area contributed by atoms with Crippen molar-refractivity contribution in [1.29, 1.82) is 0 Å². The minimum absolute atomic E-state index is 0.188. The normalized spacial score (nSPS) is 20.1. The van der Waals surface area contributed by atoms with Gasteiger partial charge in [-0.15, -0.1) is 11.3 Å². The molecule has 0 unspecified atom stereocenters. The van der Waals surface area contributed by atoms with E-state index in [4.69, 9.17) is 0 Å². The third kappa shape index (κ3) is 3.56. The lowest BCUT2D eigenvalue weighted by molar-refractivity contribution is 0.0385. The summed E-state index contributed by atoms with van der Waals surface area (Å²) in [6.45, 7) is 10.2. The Kier molecular flexibility index (Phi) is 4.98. The van der Waals surface area contributed by atoms with Crippen LogP contribution < -0.4 is 0 Å². The number of hydrogen-bond acceptors (Lipinski definition) is 4. The lowest BCUT2D eigenvalue weighted by Crippen LogP contribution is -2.41. The number of piperidine rings is 1. The lowest BCUT2D eigenvalue weighted by atomic mass is 9.77. The van der Waals surface area contributed by atoms with E-state index in [0.717, 1.165) is 38.9 Å². The molecule has 0 amide bonds. The van der Waals surface area contributed by atoms with Gasteiger partial charge in [-0.05, 0) is 37.8 Å². The van der Waals surface area contributed by atoms with Crippen LogP contribution in [0, 0.1) is 5.41 Å². The van der Waals surface area contributed by atoms with Gasteiger partial charge in [0.25, 0.3) is 0 Å². The number of thiazole rings is 1. The fourth-order valence-electron chi connectivity index (χ4n) is 2.69. The highest BCUT2D eigenvalue weighted by molar-refractivity contribution is 7.11. The Morgan fingerprint density at radius 1 is 1.42 bits per heavy atom. The van der Waals surface area contributed by atoms with Gasteiger partial charge in [-0.2, -0.15) is 0 Å². The molecule has 1 aromatic heterocycles. The van der Waals surface area contributed by atoms with E-state index in [1.807, 2.05) is 17.5 Å². The fraction of sp³-hybridized carbons (Fsp3) is 0.800. The maximum atomic E-state index is 9.56. The van der Waals surface area contributed by atoms with E-state index in [1.165, 1.54) is 9.88 Å². The highest BCUT2D eigenvalue weighted by Gasteiger charge is 2.32. The number of aliphatic hydroxyl groups is 1. The molecule has 0 atom stereocenters. The third-order valence-electron chi connectivity index (χ3n) is 4.45. The first kappa shape index (κ1) is 14.9. The van der Waals surface area contributed by atoms with Crippen molar-refractivity contribution in [3.63, 3.8) is 0 Å². The molecule has 1 aliphatic rings. The Labute approximate surface area is 120 Å². The molecule has 2 heterocycles. The summed E-state index contributed by atoms with van der Waals surface area (Å²) in [7, 11) is 0. The van der Waals surface area contributed by atoms with Gasteiger partial charge in [0.15, 0.2) is 0 Å². The fourth-order valence-corrected chi connectivity index (χ4v) is 3.65. The van der Waals surface area contributed by atoms with E-state index >= 15 is 0 Å². The third-order valence-corrected chi connectivity index (χ3v) is 5.73. The van der Waals surface area contributed by atoms with Gasteiger partial charge in [-0.3, -0.25) is 4.90 Å². The van der Waals surface area contributed by atoms with Gasteiger partial charge in [0.2, 0.25) is 0 Å². The summed E-state index contributed by atoms with van der Waals surface area (Å²) in [6.07, 6.45) is 5.37. The van der Waals surface area contributed by atoms with Crippen LogP contribution in [0.15, 0.2) is 6.20 Å². The van der Waals surface area contributed by atoms with Crippen molar-refractivity contribution in [2.45, 2.75) is 52.5 Å². The summed E-state index contributed by atoms with van der Waals surface area (Å²) in [6, 6.07) is 0. The van der Waals surface area contributed by atoms with Crippen LogP contribution in [0.5, 0.6) is 0 Å². The lowest BCUT2D eigenvalue weighted by Gasteiger charge is -2.40. The highest BCUT2D eigenvalue weighted by Crippen LogP contribution is 2.35. The second-order valence-electron chi connectivity index (χ2n) is 6.11. The zero-order valence-electron chi connectivity index (χ0n) is 12.4. The van der Waals surface area contributed by atoms with Crippen molar-refractivity contribution in [2.75, 3.05) is 19.7 Å². The standard InChI is InChI=1S/C15H26N2OS/c1-4-15(11-18)5-7-17(8-6-15)10-13-9-16-14(19-13)12(2)3/h9,12,18H,4-8,10-11H2,1-3H3. The highest BCUT2D eigenvalue weighted by atomic mass is 32.1. The van der Waals surface area contributed by atoms with E-state index in [2.05, 4.69) is 30.7 Å². The van der Waals surface area contributed by atoms with E-state index < -0.39 is 0 Å². The van der Waals surface area contributed by atoms with Crippen molar-refractivity contribution >= 4 is 11.3 Å². The molecule has 3 nitrogen and oxygen atoms in total. The first-order valence-corrected chi connectivity index (χ1v) is 8.18. The molecule has 4 heteroatoms. The van der Waals surface area contributed by atoms with E-state index in [0.29, 0.717) is 12.5 Å². The minimum atomic E-state index is 0.188. The van der Waals surface area contributed by atoms with Crippen LogP contribution in [0.25, 0.3) is 0 Å². The monoisotopic (exact) mass is 282 g/mol. The predicted octanol–water partition coefficient (Wildman–Crippen LogP) is 3.25. The maximum absolute atomic E-state index is 9.56. The quantitative estimate of drug-likeness (QED) is 0.900. The molecule has 0 aromatic carbocycles. The molecule has 1 N–H and O–H groups in total. The summed E-state index contributed by atoms with van der Waals surface area (Å²) in [5.41, 5.74) is 0.188. The van der Waals surface area contributed by atoms with Crippen LogP contribution in [0.1, 0.15) is 55.8 Å². The molecular formula is C15H26N2OS. The van der Waals surface area contributed by atoms with Gasteiger partial charge in [0.05, 0.1) is 5.01 Å². The molecule has 0 bridgehead atoms. The number of hydrogen-bond donors (Lipinski definition) is 1. The van der Waals surface area contributed by atoms with Gasteiger partial charge < -0.3 is 5.11 Å². The Balaban J connectivity index is 1.88. The summed E-state index contributed by atoms with van der Waals surface area (Å²) in [5.74, 6) is 0.530. The van der Waals surface area contributed by atoms with Crippen LogP contribution in [0.3, 0.4) is 0 Å². The Morgan fingerprint density at radius 3 is 2.58 bits per heavy atom. The molecular weight excluding hydrogens is 256 g/mol. The van der Waals surface area contributed by atoms with Crippen molar-refractivity contribution < 1.29 is 5.11 Å². The molecule has 0 radical (unpaired) electrons. The molecule has 19 heavy (non-hydrogen) atoms. The van der Waals surface area contributed by atoms with E-state index in [9.17, 15) is 5.11 Å². The van der Waals surface area contributed by atoms with Gasteiger partial charge >= 0.3 is 0 Å². The first-order chi connectivity index (χ1) is 9.08. The molecule has 0 spiro atoms. The smallest absolute Gasteiger partial charge is 0.0953 e. The molecule has 1 fully saturated rings. The van der Waals surface area contributed by atoms with Crippen molar-refractivity contribution in [1.82, 2.24) is 9.88 Å². The molecule has 0 aliphatic carbocycles. The van der Waals surface area contributed by atoms with Gasteiger partial charge in [-0.1, -0.05) is 20.8 Å². The predicted molar refractivity (Wildman–Crippen MR) is 80.5 cm³/mol. The molecule has 1 aromatic rings. The Morgan fingerprint density at radius 2 is 2.11 bits per heavy atom. The summed E-state index contributed by atoms with van der Waals surface area (Å²) in [4.78, 5) is 8.37. The second-order valence-corrected chi connectivity index (χ2v) is 7.25.